The first-order valence-corrected chi connectivity index (χ1v) is 5.53. The maximum Gasteiger partial charge on any atom is 0.320 e. The standard InChI is InChI=1S/C7H14N2O3.C3H8O3/c1-2-9-6(10)4-3-5(8)7(11)12;4-1-3(6)2-5/h5H,2-4,8H2,1H3,(H,9,10)(H,11,12);3-6H,1-2H2. The van der Waals surface area contributed by atoms with E-state index in [1.807, 2.05) is 0 Å². The van der Waals surface area contributed by atoms with E-state index in [0.717, 1.165) is 0 Å². The molecule has 18 heavy (non-hydrogen) atoms. The molecule has 8 heteroatoms. The van der Waals surface area contributed by atoms with E-state index in [1.54, 1.807) is 6.92 Å². The molecule has 0 saturated carbocycles. The number of nitrogens with one attached hydrogen (secondary N) is 1. The summed E-state index contributed by atoms with van der Waals surface area (Å²) in [4.78, 5) is 21.0. The molecule has 0 fully saturated rings. The highest BCUT2D eigenvalue weighted by atomic mass is 16.4. The Labute approximate surface area is 105 Å². The van der Waals surface area contributed by atoms with Gasteiger partial charge in [-0.15, -0.1) is 0 Å². The van der Waals surface area contributed by atoms with Crippen molar-refractivity contribution < 1.29 is 30.0 Å². The molecule has 0 aromatic heterocycles. The predicted molar refractivity (Wildman–Crippen MR) is 63.7 cm³/mol. The van der Waals surface area contributed by atoms with Crippen LogP contribution >= 0.6 is 0 Å². The lowest BCUT2D eigenvalue weighted by Crippen LogP contribution is -2.32. The number of carboxylic acids is 1. The number of aliphatic hydroxyl groups excluding tert-OH is 3. The number of hydrogen-bond donors (Lipinski definition) is 6. The molecule has 0 aromatic rings. The molecule has 0 radical (unpaired) electrons. The summed E-state index contributed by atoms with van der Waals surface area (Å²) in [5.41, 5.74) is 5.18. The lowest BCUT2D eigenvalue weighted by atomic mass is 10.1. The van der Waals surface area contributed by atoms with Crippen molar-refractivity contribution in [2.45, 2.75) is 31.9 Å². The van der Waals surface area contributed by atoms with Gasteiger partial charge >= 0.3 is 5.97 Å². The van der Waals surface area contributed by atoms with Crippen LogP contribution in [0.25, 0.3) is 0 Å². The highest BCUT2D eigenvalue weighted by molar-refractivity contribution is 5.78. The molecule has 1 amide bonds. The molecule has 0 rings (SSSR count). The van der Waals surface area contributed by atoms with E-state index in [9.17, 15) is 9.59 Å². The predicted octanol–water partition coefficient (Wildman–Crippen LogP) is -2.35. The fourth-order valence-corrected chi connectivity index (χ4v) is 0.753. The highest BCUT2D eigenvalue weighted by Crippen LogP contribution is 1.94. The number of carbonyl (C=O) groups excluding carboxylic acids is 1. The Hall–Kier alpha value is -1.22. The van der Waals surface area contributed by atoms with Crippen molar-refractivity contribution in [1.29, 1.82) is 0 Å². The minimum Gasteiger partial charge on any atom is -0.480 e. The van der Waals surface area contributed by atoms with E-state index in [2.05, 4.69) is 5.32 Å². The third kappa shape index (κ3) is 12.8. The van der Waals surface area contributed by atoms with Gasteiger partial charge in [0.2, 0.25) is 5.91 Å². The SMILES string of the molecule is CCNC(=O)CCC(N)C(=O)O.OCC(O)CO. The van der Waals surface area contributed by atoms with Crippen LogP contribution in [0.3, 0.4) is 0 Å². The maximum atomic E-state index is 10.8. The minimum absolute atomic E-state index is 0.158. The van der Waals surface area contributed by atoms with Crippen LogP contribution in [0.15, 0.2) is 0 Å². The fourth-order valence-electron chi connectivity index (χ4n) is 0.753. The summed E-state index contributed by atoms with van der Waals surface area (Å²) in [7, 11) is 0. The van der Waals surface area contributed by atoms with Gasteiger partial charge in [0.05, 0.1) is 13.2 Å². The Morgan fingerprint density at radius 3 is 2.06 bits per heavy atom. The fraction of sp³-hybridized carbons (Fsp3) is 0.800. The normalized spacial score (nSPS) is 11.4. The summed E-state index contributed by atoms with van der Waals surface area (Å²) in [6, 6.07) is -0.937. The highest BCUT2D eigenvalue weighted by Gasteiger charge is 2.12. The Morgan fingerprint density at radius 2 is 1.78 bits per heavy atom. The monoisotopic (exact) mass is 266 g/mol. The first-order valence-electron chi connectivity index (χ1n) is 5.53. The second-order valence-corrected chi connectivity index (χ2v) is 3.46. The van der Waals surface area contributed by atoms with Crippen LogP contribution < -0.4 is 11.1 Å². The van der Waals surface area contributed by atoms with E-state index in [0.29, 0.717) is 6.54 Å². The van der Waals surface area contributed by atoms with Crippen LogP contribution in [0.4, 0.5) is 0 Å². The van der Waals surface area contributed by atoms with E-state index in [4.69, 9.17) is 26.2 Å². The molecule has 0 aliphatic rings. The smallest absolute Gasteiger partial charge is 0.320 e. The van der Waals surface area contributed by atoms with Gasteiger partial charge < -0.3 is 31.5 Å². The molecule has 0 saturated heterocycles. The molecular weight excluding hydrogens is 244 g/mol. The van der Waals surface area contributed by atoms with E-state index >= 15 is 0 Å². The summed E-state index contributed by atoms with van der Waals surface area (Å²) in [5, 5.41) is 34.9. The zero-order valence-corrected chi connectivity index (χ0v) is 10.4. The van der Waals surface area contributed by atoms with Crippen molar-refractivity contribution in [3.8, 4) is 0 Å². The number of hydrogen-bond acceptors (Lipinski definition) is 6. The number of aliphatic carboxylic acids is 1. The van der Waals surface area contributed by atoms with E-state index in [-0.39, 0.29) is 32.0 Å². The van der Waals surface area contributed by atoms with E-state index < -0.39 is 18.1 Å². The number of carbonyl (C=O) groups is 2. The molecule has 0 aliphatic carbocycles. The molecule has 0 aromatic carbocycles. The van der Waals surface area contributed by atoms with Gasteiger partial charge in [-0.2, -0.15) is 0 Å². The van der Waals surface area contributed by atoms with Crippen LogP contribution in [-0.2, 0) is 9.59 Å². The van der Waals surface area contributed by atoms with Crippen LogP contribution in [0.2, 0.25) is 0 Å². The Balaban J connectivity index is 0. The van der Waals surface area contributed by atoms with Gasteiger partial charge in [0.15, 0.2) is 0 Å². The minimum atomic E-state index is -1.07. The number of rotatable bonds is 7. The summed E-state index contributed by atoms with van der Waals surface area (Å²) in [5.74, 6) is -1.23. The second-order valence-electron chi connectivity index (χ2n) is 3.46. The molecule has 7 N–H and O–H groups in total. The summed E-state index contributed by atoms with van der Waals surface area (Å²) in [6.07, 6.45) is -0.604. The van der Waals surface area contributed by atoms with E-state index in [1.165, 1.54) is 0 Å². The lowest BCUT2D eigenvalue weighted by molar-refractivity contribution is -0.138. The van der Waals surface area contributed by atoms with Crippen LogP contribution in [-0.4, -0.2) is 64.2 Å². The molecule has 1 atom stereocenters. The van der Waals surface area contributed by atoms with Gasteiger partial charge in [0.25, 0.3) is 0 Å². The van der Waals surface area contributed by atoms with Gasteiger partial charge in [0, 0.05) is 13.0 Å². The largest absolute Gasteiger partial charge is 0.480 e. The van der Waals surface area contributed by atoms with Gasteiger partial charge in [-0.05, 0) is 13.3 Å². The Morgan fingerprint density at radius 1 is 1.28 bits per heavy atom. The topological polar surface area (TPSA) is 153 Å². The molecule has 0 heterocycles. The number of amides is 1. The first-order chi connectivity index (χ1) is 8.38. The number of aliphatic hydroxyl groups is 3. The number of carboxylic acid groups (broad SMARTS) is 1. The zero-order valence-electron chi connectivity index (χ0n) is 10.4. The van der Waals surface area contributed by atoms with Crippen LogP contribution in [0, 0.1) is 0 Å². The number of nitrogens with two attached hydrogens (primary N) is 1. The average Bonchev–Trinajstić information content (AvgIpc) is 2.35. The van der Waals surface area contributed by atoms with Crippen molar-refractivity contribution in [1.82, 2.24) is 5.32 Å². The molecule has 8 nitrogen and oxygen atoms in total. The quantitative estimate of drug-likeness (QED) is 0.301. The lowest BCUT2D eigenvalue weighted by Gasteiger charge is -2.05. The summed E-state index contributed by atoms with van der Waals surface area (Å²) < 4.78 is 0. The van der Waals surface area contributed by atoms with Gasteiger partial charge in [-0.3, -0.25) is 9.59 Å². The summed E-state index contributed by atoms with van der Waals surface area (Å²) in [6.45, 7) is 1.63. The molecule has 0 aliphatic heterocycles. The second kappa shape index (κ2) is 12.2. The Kier molecular flexibility index (Phi) is 13.0. The molecule has 0 spiro atoms. The van der Waals surface area contributed by atoms with Gasteiger partial charge in [0.1, 0.15) is 12.1 Å². The van der Waals surface area contributed by atoms with Crippen molar-refractivity contribution in [3.63, 3.8) is 0 Å². The third-order valence-electron chi connectivity index (χ3n) is 1.80. The molecule has 1 unspecified atom stereocenters. The van der Waals surface area contributed by atoms with Crippen molar-refractivity contribution >= 4 is 11.9 Å². The zero-order chi connectivity index (χ0) is 14.6. The van der Waals surface area contributed by atoms with Crippen LogP contribution in [0.1, 0.15) is 19.8 Å². The van der Waals surface area contributed by atoms with Crippen molar-refractivity contribution in [2.24, 2.45) is 5.73 Å². The Bertz CT molecular complexity index is 232. The van der Waals surface area contributed by atoms with Gasteiger partial charge in [-0.1, -0.05) is 0 Å². The van der Waals surface area contributed by atoms with Crippen LogP contribution in [0.5, 0.6) is 0 Å². The molecular formula is C10H22N2O6. The van der Waals surface area contributed by atoms with Crippen molar-refractivity contribution in [3.05, 3.63) is 0 Å². The summed E-state index contributed by atoms with van der Waals surface area (Å²) >= 11 is 0. The third-order valence-corrected chi connectivity index (χ3v) is 1.80. The van der Waals surface area contributed by atoms with Gasteiger partial charge in [-0.25, -0.2) is 0 Å². The van der Waals surface area contributed by atoms with Crippen molar-refractivity contribution in [2.75, 3.05) is 19.8 Å². The maximum absolute atomic E-state index is 10.8. The average molecular weight is 266 g/mol. The first kappa shape index (κ1) is 19.1. The molecule has 108 valence electrons. The molecule has 0 bridgehead atoms.